The molecule has 10 rings (SSSR count). The summed E-state index contributed by atoms with van der Waals surface area (Å²) in [4.78, 5) is 19.1. The minimum atomic E-state index is 0.614. The van der Waals surface area contributed by atoms with Crippen molar-refractivity contribution in [2.75, 3.05) is 0 Å². The van der Waals surface area contributed by atoms with Crippen LogP contribution in [0.15, 0.2) is 158 Å². The van der Waals surface area contributed by atoms with Gasteiger partial charge in [0, 0.05) is 56.4 Å². The highest BCUT2D eigenvalue weighted by Gasteiger charge is 2.14. The molecule has 0 aliphatic heterocycles. The Morgan fingerprint density at radius 1 is 0.354 bits per heavy atom. The van der Waals surface area contributed by atoms with Crippen molar-refractivity contribution < 1.29 is 0 Å². The number of aromatic nitrogens is 6. The zero-order chi connectivity index (χ0) is 31.6. The van der Waals surface area contributed by atoms with Gasteiger partial charge in [-0.1, -0.05) is 72.8 Å². The van der Waals surface area contributed by atoms with Crippen molar-refractivity contribution in [3.63, 3.8) is 0 Å². The lowest BCUT2D eigenvalue weighted by atomic mass is 10.1. The minimum absolute atomic E-state index is 0.614. The Kier molecular flexibility index (Phi) is 5.77. The third kappa shape index (κ3) is 4.06. The van der Waals surface area contributed by atoms with E-state index < -0.39 is 0 Å². The normalized spacial score (nSPS) is 11.8. The average Bonchev–Trinajstić information content (AvgIpc) is 3.68. The van der Waals surface area contributed by atoms with Gasteiger partial charge in [0.1, 0.15) is 0 Å². The van der Waals surface area contributed by atoms with E-state index in [1.807, 2.05) is 0 Å². The summed E-state index contributed by atoms with van der Waals surface area (Å²) in [6.45, 7) is 0. The Bertz CT molecular complexity index is 2530. The molecule has 0 aliphatic carbocycles. The van der Waals surface area contributed by atoms with Crippen LogP contribution in [0.4, 0.5) is 0 Å². The maximum absolute atomic E-state index is 4.88. The van der Waals surface area contributed by atoms with Crippen molar-refractivity contribution in [3.05, 3.63) is 158 Å². The van der Waals surface area contributed by atoms with Crippen LogP contribution in [-0.2, 0) is 0 Å². The molecule has 0 unspecified atom stereocenters. The van der Waals surface area contributed by atoms with Gasteiger partial charge in [0.25, 0.3) is 0 Å². The number of benzene rings is 6. The molecule has 4 heterocycles. The standard InChI is InChI=1S/C42H26N6/c1-5-13-36-32(9-1)33-10-2-6-14-37(33)47(36)30-21-17-27(18-22-30)40-43-25-29-26-44-41(46-42(29)45-40)28-19-23-31(24-20-28)48-38-15-7-3-11-34(38)35-12-4-8-16-39(35)48/h1-26H. The van der Waals surface area contributed by atoms with Gasteiger partial charge in [-0.25, -0.2) is 19.9 Å². The van der Waals surface area contributed by atoms with Gasteiger partial charge in [0.05, 0.1) is 27.5 Å². The number of hydrogen-bond acceptors (Lipinski definition) is 4. The fourth-order valence-electron chi connectivity index (χ4n) is 7.02. The maximum atomic E-state index is 4.88. The molecule has 6 nitrogen and oxygen atoms in total. The summed E-state index contributed by atoms with van der Waals surface area (Å²) in [5.74, 6) is 1.25. The van der Waals surface area contributed by atoms with Gasteiger partial charge in [-0.3, -0.25) is 0 Å². The van der Waals surface area contributed by atoms with Crippen molar-refractivity contribution in [1.82, 2.24) is 29.1 Å². The predicted molar refractivity (Wildman–Crippen MR) is 195 cm³/mol. The Morgan fingerprint density at radius 3 is 1.04 bits per heavy atom. The predicted octanol–water partition coefficient (Wildman–Crippen LogP) is 9.95. The summed E-state index contributed by atoms with van der Waals surface area (Å²) < 4.78 is 4.61. The number of hydrogen-bond donors (Lipinski definition) is 0. The lowest BCUT2D eigenvalue weighted by Gasteiger charge is -2.10. The van der Waals surface area contributed by atoms with Gasteiger partial charge < -0.3 is 9.13 Å². The van der Waals surface area contributed by atoms with E-state index in [-0.39, 0.29) is 0 Å². The highest BCUT2D eigenvalue weighted by atomic mass is 15.0. The van der Waals surface area contributed by atoms with Crippen molar-refractivity contribution in [2.24, 2.45) is 0 Å². The molecule has 0 atom stereocenters. The van der Waals surface area contributed by atoms with Crippen molar-refractivity contribution in [2.45, 2.75) is 0 Å². The Labute approximate surface area is 275 Å². The van der Waals surface area contributed by atoms with Crippen molar-refractivity contribution >= 4 is 54.6 Å². The fraction of sp³-hybridized carbons (Fsp3) is 0. The van der Waals surface area contributed by atoms with Crippen LogP contribution in [-0.4, -0.2) is 29.1 Å². The zero-order valence-electron chi connectivity index (χ0n) is 25.7. The largest absolute Gasteiger partial charge is 0.309 e. The molecule has 0 saturated heterocycles. The van der Waals surface area contributed by atoms with Crippen LogP contribution in [0.5, 0.6) is 0 Å². The van der Waals surface area contributed by atoms with E-state index in [2.05, 4.69) is 165 Å². The van der Waals surface area contributed by atoms with Crippen LogP contribution < -0.4 is 0 Å². The van der Waals surface area contributed by atoms with Gasteiger partial charge in [-0.2, -0.15) is 0 Å². The first kappa shape index (κ1) is 26.5. The molecule has 0 aliphatic rings. The molecule has 0 bridgehead atoms. The quantitative estimate of drug-likeness (QED) is 0.198. The number of nitrogens with zero attached hydrogens (tertiary/aromatic N) is 6. The molecule has 0 fully saturated rings. The smallest absolute Gasteiger partial charge is 0.167 e. The van der Waals surface area contributed by atoms with Crippen LogP contribution in [0.2, 0.25) is 0 Å². The summed E-state index contributed by atoms with van der Waals surface area (Å²) in [6.07, 6.45) is 3.60. The maximum Gasteiger partial charge on any atom is 0.167 e. The van der Waals surface area contributed by atoms with E-state index in [4.69, 9.17) is 9.97 Å². The third-order valence-electron chi connectivity index (χ3n) is 9.26. The van der Waals surface area contributed by atoms with E-state index in [0.717, 1.165) is 27.9 Å². The topological polar surface area (TPSA) is 61.4 Å². The fourth-order valence-corrected chi connectivity index (χ4v) is 7.02. The SMILES string of the molecule is c1ccc2c(c1)c1ccccc1n2-c1ccc(-c2ncc3cnc(-c4ccc(-n5c6ccccc6c6ccccc65)cc4)nc3n2)cc1. The van der Waals surface area contributed by atoms with Gasteiger partial charge >= 0.3 is 0 Å². The summed E-state index contributed by atoms with van der Waals surface area (Å²) in [5.41, 5.74) is 9.37. The Balaban J connectivity index is 0.994. The molecule has 6 heteroatoms. The minimum Gasteiger partial charge on any atom is -0.309 e. The molecule has 10 aromatic rings. The van der Waals surface area contributed by atoms with Crippen LogP contribution >= 0.6 is 0 Å². The van der Waals surface area contributed by atoms with Gasteiger partial charge in [-0.05, 0) is 72.8 Å². The summed E-state index contributed by atoms with van der Waals surface area (Å²) >= 11 is 0. The molecule has 6 aromatic carbocycles. The first-order chi connectivity index (χ1) is 23.8. The lowest BCUT2D eigenvalue weighted by molar-refractivity contribution is 1.14. The summed E-state index contributed by atoms with van der Waals surface area (Å²) in [5, 5.41) is 5.77. The van der Waals surface area contributed by atoms with E-state index >= 15 is 0 Å². The van der Waals surface area contributed by atoms with E-state index in [0.29, 0.717) is 17.3 Å². The van der Waals surface area contributed by atoms with Crippen LogP contribution in [0.1, 0.15) is 0 Å². The molecule has 224 valence electrons. The monoisotopic (exact) mass is 614 g/mol. The highest BCUT2D eigenvalue weighted by Crippen LogP contribution is 2.34. The third-order valence-corrected chi connectivity index (χ3v) is 9.26. The van der Waals surface area contributed by atoms with Crippen LogP contribution in [0.3, 0.4) is 0 Å². The van der Waals surface area contributed by atoms with E-state index in [1.54, 1.807) is 12.4 Å². The zero-order valence-corrected chi connectivity index (χ0v) is 25.7. The number of fused-ring (bicyclic) bond motifs is 7. The van der Waals surface area contributed by atoms with Crippen molar-refractivity contribution in [1.29, 1.82) is 0 Å². The molecule has 0 amide bonds. The van der Waals surface area contributed by atoms with Gasteiger partial charge in [0.2, 0.25) is 0 Å². The van der Waals surface area contributed by atoms with Gasteiger partial charge in [-0.15, -0.1) is 0 Å². The second-order valence-corrected chi connectivity index (χ2v) is 12.0. The molecular formula is C42H26N6. The second kappa shape index (κ2) is 10.4. The first-order valence-corrected chi connectivity index (χ1v) is 16.0. The summed E-state index contributed by atoms with van der Waals surface area (Å²) in [7, 11) is 0. The summed E-state index contributed by atoms with van der Waals surface area (Å²) in [6, 6.07) is 51.0. The highest BCUT2D eigenvalue weighted by molar-refractivity contribution is 6.10. The average molecular weight is 615 g/mol. The molecule has 0 radical (unpaired) electrons. The van der Waals surface area contributed by atoms with Gasteiger partial charge in [0.15, 0.2) is 17.3 Å². The molecule has 0 saturated carbocycles. The van der Waals surface area contributed by atoms with E-state index in [9.17, 15) is 0 Å². The second-order valence-electron chi connectivity index (χ2n) is 12.0. The molecule has 4 aromatic heterocycles. The van der Waals surface area contributed by atoms with E-state index in [1.165, 1.54) is 43.6 Å². The Morgan fingerprint density at radius 2 is 0.688 bits per heavy atom. The van der Waals surface area contributed by atoms with Crippen molar-refractivity contribution in [3.8, 4) is 34.2 Å². The number of para-hydroxylation sites is 4. The van der Waals surface area contributed by atoms with Crippen LogP contribution in [0.25, 0.3) is 88.8 Å². The molecule has 48 heavy (non-hydrogen) atoms. The molecule has 0 spiro atoms. The number of rotatable bonds is 4. The Hall–Kier alpha value is -6.66. The molecular weight excluding hydrogens is 589 g/mol. The first-order valence-electron chi connectivity index (χ1n) is 16.0. The molecule has 0 N–H and O–H groups in total. The lowest BCUT2D eigenvalue weighted by Crippen LogP contribution is -1.97. The van der Waals surface area contributed by atoms with Crippen LogP contribution in [0, 0.1) is 0 Å².